The van der Waals surface area contributed by atoms with Crippen molar-refractivity contribution in [2.45, 2.75) is 115 Å². The summed E-state index contributed by atoms with van der Waals surface area (Å²) >= 11 is 0. The summed E-state index contributed by atoms with van der Waals surface area (Å²) in [5.74, 6) is -2.28. The van der Waals surface area contributed by atoms with Crippen molar-refractivity contribution in [1.82, 2.24) is 0 Å². The Bertz CT molecular complexity index is 2230. The first-order valence-corrected chi connectivity index (χ1v) is 22.7. The molecule has 10 atom stereocenters. The van der Waals surface area contributed by atoms with Crippen LogP contribution in [0.2, 0.25) is 0 Å². The molecule has 0 radical (unpaired) electrons. The second kappa shape index (κ2) is 25.4. The van der Waals surface area contributed by atoms with E-state index in [1.54, 1.807) is 0 Å². The maximum atomic E-state index is 12.9. The average Bonchev–Trinajstić information content (AvgIpc) is 3.34. The van der Waals surface area contributed by atoms with E-state index >= 15 is 0 Å². The molecule has 354 valence electrons. The van der Waals surface area contributed by atoms with Crippen molar-refractivity contribution >= 4 is 17.9 Å². The van der Waals surface area contributed by atoms with E-state index in [2.05, 4.69) is 0 Å². The largest absolute Gasteiger partial charge is 0.463 e. The zero-order valence-electron chi connectivity index (χ0n) is 38.2. The van der Waals surface area contributed by atoms with Gasteiger partial charge in [-0.3, -0.25) is 14.4 Å². The minimum absolute atomic E-state index is 0.135. The molecule has 13 nitrogen and oxygen atoms in total. The fourth-order valence-corrected chi connectivity index (χ4v) is 8.49. The third-order valence-corrected chi connectivity index (χ3v) is 11.6. The van der Waals surface area contributed by atoms with Gasteiger partial charge in [0.25, 0.3) is 0 Å². The molecule has 13 heteroatoms. The Labute approximate surface area is 392 Å². The summed E-state index contributed by atoms with van der Waals surface area (Å²) in [5.41, 5.74) is 4.54. The molecule has 2 fully saturated rings. The second-order valence-corrected chi connectivity index (χ2v) is 16.7. The van der Waals surface area contributed by atoms with E-state index in [1.807, 2.05) is 152 Å². The van der Waals surface area contributed by atoms with E-state index in [-0.39, 0.29) is 52.7 Å². The van der Waals surface area contributed by atoms with Gasteiger partial charge in [-0.2, -0.15) is 0 Å². The van der Waals surface area contributed by atoms with Crippen molar-refractivity contribution in [2.24, 2.45) is 5.92 Å². The van der Waals surface area contributed by atoms with Gasteiger partial charge in [0.15, 0.2) is 0 Å². The Balaban J connectivity index is 1.33. The van der Waals surface area contributed by atoms with Gasteiger partial charge in [0, 0.05) is 26.7 Å². The van der Waals surface area contributed by atoms with Crippen LogP contribution in [0.5, 0.6) is 0 Å². The van der Waals surface area contributed by atoms with Crippen molar-refractivity contribution < 1.29 is 61.8 Å². The third-order valence-electron chi connectivity index (χ3n) is 11.6. The SMILES string of the molecule is CC(=O)OC[C@H]1O[C@H](OC(C)=O)[C@@H](OCc2ccccc2)[C@@H](C[C@H]2O[C@H](COC(C)=O)[C@@H](OCc3ccccc3)[C@H](OCc3ccccc3)[C@@H]2OCc2ccccc2)[C@@H]1OCc1ccccc1. The van der Waals surface area contributed by atoms with Crippen molar-refractivity contribution in [3.05, 3.63) is 179 Å². The van der Waals surface area contributed by atoms with Gasteiger partial charge in [-0.1, -0.05) is 152 Å². The molecule has 2 aliphatic rings. The Morgan fingerprint density at radius 1 is 0.388 bits per heavy atom. The van der Waals surface area contributed by atoms with Gasteiger partial charge in [-0.15, -0.1) is 0 Å². The number of benzene rings is 5. The number of hydrogen-bond donors (Lipinski definition) is 0. The maximum Gasteiger partial charge on any atom is 0.305 e. The number of carbonyl (C=O) groups is 3. The van der Waals surface area contributed by atoms with Gasteiger partial charge in [0.05, 0.1) is 45.2 Å². The Morgan fingerprint density at radius 3 is 1.09 bits per heavy atom. The molecule has 0 unspecified atom stereocenters. The lowest BCUT2D eigenvalue weighted by Gasteiger charge is -2.50. The molecule has 7 rings (SSSR count). The monoisotopic (exact) mass is 916 g/mol. The zero-order valence-corrected chi connectivity index (χ0v) is 38.2. The molecule has 0 amide bonds. The molecular weight excluding hydrogens is 857 g/mol. The van der Waals surface area contributed by atoms with Gasteiger partial charge >= 0.3 is 17.9 Å². The van der Waals surface area contributed by atoms with Gasteiger partial charge in [0.1, 0.15) is 49.8 Å². The predicted molar refractivity (Wildman–Crippen MR) is 246 cm³/mol. The molecule has 5 aromatic carbocycles. The highest BCUT2D eigenvalue weighted by Crippen LogP contribution is 2.40. The third kappa shape index (κ3) is 14.9. The van der Waals surface area contributed by atoms with Crippen LogP contribution in [0.1, 0.15) is 55.0 Å². The summed E-state index contributed by atoms with van der Waals surface area (Å²) in [6.45, 7) is 4.51. The minimum atomic E-state index is -1.25. The molecular formula is C54H60O13. The first-order valence-electron chi connectivity index (χ1n) is 22.7. The van der Waals surface area contributed by atoms with E-state index in [4.69, 9.17) is 47.4 Å². The lowest BCUT2D eigenvalue weighted by atomic mass is 9.80. The molecule has 0 N–H and O–H groups in total. The molecule has 0 bridgehead atoms. The normalized spacial score (nSPS) is 24.9. The van der Waals surface area contributed by atoms with E-state index in [9.17, 15) is 14.4 Å². The highest BCUT2D eigenvalue weighted by Gasteiger charge is 2.54. The predicted octanol–water partition coefficient (Wildman–Crippen LogP) is 8.10. The number of carbonyl (C=O) groups excluding carboxylic acids is 3. The Hall–Kier alpha value is -5.77. The molecule has 0 spiro atoms. The highest BCUT2D eigenvalue weighted by molar-refractivity contribution is 5.66. The van der Waals surface area contributed by atoms with Crippen LogP contribution < -0.4 is 0 Å². The quantitative estimate of drug-likeness (QED) is 0.0488. The van der Waals surface area contributed by atoms with Crippen LogP contribution in [0, 0.1) is 5.92 Å². The molecule has 2 heterocycles. The van der Waals surface area contributed by atoms with Crippen LogP contribution in [-0.4, -0.2) is 86.2 Å². The van der Waals surface area contributed by atoms with Crippen LogP contribution in [0.3, 0.4) is 0 Å². The van der Waals surface area contributed by atoms with Gasteiger partial charge in [-0.25, -0.2) is 0 Å². The lowest BCUT2D eigenvalue weighted by Crippen LogP contribution is -2.64. The summed E-state index contributed by atoms with van der Waals surface area (Å²) in [7, 11) is 0. The van der Waals surface area contributed by atoms with Crippen LogP contribution in [0.4, 0.5) is 0 Å². The Kier molecular flexibility index (Phi) is 18.6. The van der Waals surface area contributed by atoms with Crippen molar-refractivity contribution in [1.29, 1.82) is 0 Å². The minimum Gasteiger partial charge on any atom is -0.463 e. The standard InChI is InChI=1S/C54H60O13/c1-37(55)58-35-47-49(60-30-40-19-9-4-10-20-40)45(50(54(67-47)65-39(3)57)61-31-41-21-11-5-12-22-41)29-46-51(62-32-42-23-13-6-14-24-42)53(64-34-44-27-17-8-18-28-44)52(48(66-46)36-59-38(2)56)63-33-43-25-15-7-16-26-43/h4-28,45-54H,29-36H2,1-3H3/t45-,46+,47+,48+,49-,50-,51+,52+,53+,54-/m0/s1. The smallest absolute Gasteiger partial charge is 0.305 e. The van der Waals surface area contributed by atoms with Gasteiger partial charge in [0.2, 0.25) is 6.29 Å². The first kappa shape index (κ1) is 49.1. The van der Waals surface area contributed by atoms with Crippen LogP contribution in [-0.2, 0) is 94.8 Å². The van der Waals surface area contributed by atoms with Crippen molar-refractivity contribution in [3.63, 3.8) is 0 Å². The van der Waals surface area contributed by atoms with Gasteiger partial charge < -0.3 is 47.4 Å². The number of ether oxygens (including phenoxy) is 10. The molecule has 0 saturated carbocycles. The number of hydrogen-bond acceptors (Lipinski definition) is 13. The Morgan fingerprint density at radius 2 is 0.716 bits per heavy atom. The fraction of sp³-hybridized carbons (Fsp3) is 0.389. The van der Waals surface area contributed by atoms with E-state index in [0.29, 0.717) is 0 Å². The van der Waals surface area contributed by atoms with Crippen LogP contribution in [0.15, 0.2) is 152 Å². The summed E-state index contributed by atoms with van der Waals surface area (Å²) in [6, 6.07) is 48.7. The maximum absolute atomic E-state index is 12.9. The van der Waals surface area contributed by atoms with E-state index in [0.717, 1.165) is 27.8 Å². The number of rotatable bonds is 22. The average molecular weight is 917 g/mol. The summed E-state index contributed by atoms with van der Waals surface area (Å²) in [5, 5.41) is 0. The summed E-state index contributed by atoms with van der Waals surface area (Å²) in [4.78, 5) is 37.8. The molecule has 5 aromatic rings. The summed E-state index contributed by atoms with van der Waals surface area (Å²) in [6.07, 6.45) is -7.85. The van der Waals surface area contributed by atoms with Crippen molar-refractivity contribution in [3.8, 4) is 0 Å². The van der Waals surface area contributed by atoms with Gasteiger partial charge in [-0.05, 0) is 34.2 Å². The molecule has 67 heavy (non-hydrogen) atoms. The zero-order chi connectivity index (χ0) is 46.8. The first-order chi connectivity index (χ1) is 32.7. The molecule has 2 saturated heterocycles. The highest BCUT2D eigenvalue weighted by atomic mass is 16.7. The second-order valence-electron chi connectivity index (χ2n) is 16.7. The molecule has 2 aliphatic heterocycles. The lowest BCUT2D eigenvalue weighted by molar-refractivity contribution is -0.312. The van der Waals surface area contributed by atoms with Crippen LogP contribution >= 0.6 is 0 Å². The van der Waals surface area contributed by atoms with Crippen LogP contribution in [0.25, 0.3) is 0 Å². The summed E-state index contributed by atoms with van der Waals surface area (Å²) < 4.78 is 65.3. The molecule has 0 aromatic heterocycles. The number of esters is 3. The van der Waals surface area contributed by atoms with Crippen molar-refractivity contribution in [2.75, 3.05) is 13.2 Å². The van der Waals surface area contributed by atoms with E-state index in [1.165, 1.54) is 20.8 Å². The molecule has 0 aliphatic carbocycles. The fourth-order valence-electron chi connectivity index (χ4n) is 8.49. The topological polar surface area (TPSA) is 144 Å². The van der Waals surface area contributed by atoms with E-state index < -0.39 is 78.9 Å².